The molecule has 1 heterocycles. The van der Waals surface area contributed by atoms with E-state index in [-0.39, 0.29) is 5.41 Å². The SMILES string of the molecule is CC(C)(CN)c1cccc(-c2nn[nH]n2)c1. The number of H-pyrrole nitrogens is 1. The van der Waals surface area contributed by atoms with Crippen LogP contribution in [-0.2, 0) is 5.41 Å². The van der Waals surface area contributed by atoms with Crippen molar-refractivity contribution in [1.82, 2.24) is 20.6 Å². The summed E-state index contributed by atoms with van der Waals surface area (Å²) in [4.78, 5) is 0. The number of tetrazole rings is 1. The van der Waals surface area contributed by atoms with Gasteiger partial charge in [-0.1, -0.05) is 32.0 Å². The molecule has 0 aliphatic rings. The maximum Gasteiger partial charge on any atom is 0.204 e. The Morgan fingerprint density at radius 2 is 2.19 bits per heavy atom. The fourth-order valence-corrected chi connectivity index (χ4v) is 1.48. The second kappa shape index (κ2) is 4.02. The molecule has 1 aromatic heterocycles. The van der Waals surface area contributed by atoms with Crippen molar-refractivity contribution in [2.24, 2.45) is 5.73 Å². The molecule has 0 bridgehead atoms. The highest BCUT2D eigenvalue weighted by molar-refractivity contribution is 5.55. The lowest BCUT2D eigenvalue weighted by molar-refractivity contribution is 0.539. The number of benzene rings is 1. The third-order valence-electron chi connectivity index (χ3n) is 2.76. The standard InChI is InChI=1S/C11H15N5/c1-11(2,7-12)9-5-3-4-8(6-9)10-13-15-16-14-10/h3-6H,7,12H2,1-2H3,(H,13,14,15,16). The lowest BCUT2D eigenvalue weighted by Crippen LogP contribution is -2.27. The van der Waals surface area contributed by atoms with E-state index in [0.29, 0.717) is 12.4 Å². The van der Waals surface area contributed by atoms with Crippen LogP contribution in [0.2, 0.25) is 0 Å². The van der Waals surface area contributed by atoms with Crippen molar-refractivity contribution < 1.29 is 0 Å². The molecular formula is C11H15N5. The Bertz CT molecular complexity index is 461. The summed E-state index contributed by atoms with van der Waals surface area (Å²) in [5.41, 5.74) is 7.85. The van der Waals surface area contributed by atoms with Gasteiger partial charge in [0.15, 0.2) is 0 Å². The average Bonchev–Trinajstić information content (AvgIpc) is 2.83. The Hall–Kier alpha value is -1.75. The van der Waals surface area contributed by atoms with Crippen LogP contribution in [0.25, 0.3) is 11.4 Å². The van der Waals surface area contributed by atoms with Crippen molar-refractivity contribution in [3.8, 4) is 11.4 Å². The lowest BCUT2D eigenvalue weighted by Gasteiger charge is -2.23. The third-order valence-corrected chi connectivity index (χ3v) is 2.76. The molecule has 3 N–H and O–H groups in total. The average molecular weight is 217 g/mol. The number of nitrogens with two attached hydrogens (primary N) is 1. The summed E-state index contributed by atoms with van der Waals surface area (Å²) >= 11 is 0. The van der Waals surface area contributed by atoms with Crippen molar-refractivity contribution >= 4 is 0 Å². The van der Waals surface area contributed by atoms with Gasteiger partial charge in [0, 0.05) is 17.5 Å². The quantitative estimate of drug-likeness (QED) is 0.806. The molecule has 84 valence electrons. The van der Waals surface area contributed by atoms with Crippen LogP contribution in [0.4, 0.5) is 0 Å². The monoisotopic (exact) mass is 217 g/mol. The number of nitrogens with zero attached hydrogens (tertiary/aromatic N) is 3. The van der Waals surface area contributed by atoms with Crippen molar-refractivity contribution in [2.45, 2.75) is 19.3 Å². The molecule has 0 saturated carbocycles. The van der Waals surface area contributed by atoms with Crippen LogP contribution in [-0.4, -0.2) is 27.2 Å². The Kier molecular flexibility index (Phi) is 2.70. The first kappa shape index (κ1) is 10.8. The van der Waals surface area contributed by atoms with E-state index in [4.69, 9.17) is 5.73 Å². The maximum absolute atomic E-state index is 5.76. The fourth-order valence-electron chi connectivity index (χ4n) is 1.48. The van der Waals surface area contributed by atoms with Crippen LogP contribution in [0, 0.1) is 0 Å². The first-order chi connectivity index (χ1) is 7.63. The molecule has 16 heavy (non-hydrogen) atoms. The summed E-state index contributed by atoms with van der Waals surface area (Å²) in [7, 11) is 0. The van der Waals surface area contributed by atoms with Crippen LogP contribution in [0.5, 0.6) is 0 Å². The second-order valence-corrected chi connectivity index (χ2v) is 4.40. The minimum atomic E-state index is -0.0419. The van der Waals surface area contributed by atoms with Crippen LogP contribution in [0.3, 0.4) is 0 Å². The van der Waals surface area contributed by atoms with Crippen LogP contribution in [0.15, 0.2) is 24.3 Å². The molecule has 0 spiro atoms. The van der Waals surface area contributed by atoms with Crippen molar-refractivity contribution in [1.29, 1.82) is 0 Å². The van der Waals surface area contributed by atoms with E-state index in [0.717, 1.165) is 5.56 Å². The Balaban J connectivity index is 2.41. The van der Waals surface area contributed by atoms with Gasteiger partial charge in [-0.25, -0.2) is 0 Å². The van der Waals surface area contributed by atoms with E-state index in [1.807, 2.05) is 12.1 Å². The van der Waals surface area contributed by atoms with E-state index in [9.17, 15) is 0 Å². The Morgan fingerprint density at radius 1 is 1.38 bits per heavy atom. The summed E-state index contributed by atoms with van der Waals surface area (Å²) in [5.74, 6) is 0.606. The van der Waals surface area contributed by atoms with Gasteiger partial charge in [0.05, 0.1) is 0 Å². The zero-order valence-corrected chi connectivity index (χ0v) is 9.44. The molecule has 0 saturated heterocycles. The van der Waals surface area contributed by atoms with Gasteiger partial charge in [-0.15, -0.1) is 10.2 Å². The minimum Gasteiger partial charge on any atom is -0.330 e. The molecule has 5 nitrogen and oxygen atoms in total. The van der Waals surface area contributed by atoms with Gasteiger partial charge in [0.1, 0.15) is 0 Å². The van der Waals surface area contributed by atoms with Gasteiger partial charge in [-0.2, -0.15) is 5.21 Å². The third kappa shape index (κ3) is 1.94. The molecule has 0 amide bonds. The highest BCUT2D eigenvalue weighted by atomic mass is 15.5. The topological polar surface area (TPSA) is 80.5 Å². The number of aromatic nitrogens is 4. The number of hydrogen-bond donors (Lipinski definition) is 2. The maximum atomic E-state index is 5.76. The first-order valence-electron chi connectivity index (χ1n) is 5.18. The van der Waals surface area contributed by atoms with E-state index in [2.05, 4.69) is 46.6 Å². The molecule has 0 radical (unpaired) electrons. The molecule has 0 unspecified atom stereocenters. The van der Waals surface area contributed by atoms with Crippen LogP contribution >= 0.6 is 0 Å². The highest BCUT2D eigenvalue weighted by Crippen LogP contribution is 2.25. The fraction of sp³-hybridized carbons (Fsp3) is 0.364. The molecule has 0 aliphatic carbocycles. The summed E-state index contributed by atoms with van der Waals surface area (Å²) in [6.45, 7) is 4.83. The largest absolute Gasteiger partial charge is 0.330 e. The van der Waals surface area contributed by atoms with E-state index in [1.54, 1.807) is 0 Å². The Labute approximate surface area is 94.1 Å². The number of nitrogens with one attached hydrogen (secondary N) is 1. The predicted octanol–water partition coefficient (Wildman–Crippen LogP) is 1.10. The summed E-state index contributed by atoms with van der Waals surface area (Å²) in [6, 6.07) is 8.06. The van der Waals surface area contributed by atoms with Crippen molar-refractivity contribution in [2.75, 3.05) is 6.54 Å². The van der Waals surface area contributed by atoms with Crippen LogP contribution in [0.1, 0.15) is 19.4 Å². The summed E-state index contributed by atoms with van der Waals surface area (Å²) < 4.78 is 0. The van der Waals surface area contributed by atoms with Gasteiger partial charge in [-0.05, 0) is 16.8 Å². The molecule has 2 rings (SSSR count). The molecule has 0 atom stereocenters. The van der Waals surface area contributed by atoms with Gasteiger partial charge < -0.3 is 5.73 Å². The summed E-state index contributed by atoms with van der Waals surface area (Å²) in [6.07, 6.45) is 0. The Morgan fingerprint density at radius 3 is 2.81 bits per heavy atom. The minimum absolute atomic E-state index is 0.0419. The summed E-state index contributed by atoms with van der Waals surface area (Å²) in [5, 5.41) is 13.9. The van der Waals surface area contributed by atoms with Gasteiger partial charge in [-0.3, -0.25) is 0 Å². The van der Waals surface area contributed by atoms with E-state index < -0.39 is 0 Å². The molecule has 1 aromatic carbocycles. The second-order valence-electron chi connectivity index (χ2n) is 4.40. The highest BCUT2D eigenvalue weighted by Gasteiger charge is 2.19. The smallest absolute Gasteiger partial charge is 0.204 e. The van der Waals surface area contributed by atoms with Crippen molar-refractivity contribution in [3.05, 3.63) is 29.8 Å². The first-order valence-corrected chi connectivity index (χ1v) is 5.18. The predicted molar refractivity (Wildman–Crippen MR) is 61.7 cm³/mol. The number of hydrogen-bond acceptors (Lipinski definition) is 4. The molecule has 0 fully saturated rings. The van der Waals surface area contributed by atoms with Gasteiger partial charge >= 0.3 is 0 Å². The molecule has 5 heteroatoms. The number of rotatable bonds is 3. The molecule has 2 aromatic rings. The zero-order chi connectivity index (χ0) is 11.6. The van der Waals surface area contributed by atoms with Gasteiger partial charge in [0.2, 0.25) is 5.82 Å². The molecular weight excluding hydrogens is 202 g/mol. The van der Waals surface area contributed by atoms with E-state index in [1.165, 1.54) is 5.56 Å². The van der Waals surface area contributed by atoms with Crippen LogP contribution < -0.4 is 5.73 Å². The lowest BCUT2D eigenvalue weighted by atomic mass is 9.84. The van der Waals surface area contributed by atoms with E-state index >= 15 is 0 Å². The number of aromatic amines is 1. The zero-order valence-electron chi connectivity index (χ0n) is 9.44. The molecule has 0 aliphatic heterocycles. The normalized spacial score (nSPS) is 11.7. The van der Waals surface area contributed by atoms with Gasteiger partial charge in [0.25, 0.3) is 0 Å². The van der Waals surface area contributed by atoms with Crippen molar-refractivity contribution in [3.63, 3.8) is 0 Å².